The van der Waals surface area contributed by atoms with Gasteiger partial charge in [-0.2, -0.15) is 0 Å². The predicted octanol–water partition coefficient (Wildman–Crippen LogP) is 2.10. The topological polar surface area (TPSA) is 64.1 Å². The molecule has 0 unspecified atom stereocenters. The molecule has 0 radical (unpaired) electrons. The minimum Gasteiger partial charge on any atom is -0.467 e. The molecule has 5 heteroatoms. The van der Waals surface area contributed by atoms with Gasteiger partial charge in [0.25, 0.3) is 5.91 Å². The Morgan fingerprint density at radius 2 is 2.11 bits per heavy atom. The minimum atomic E-state index is -0.151. The molecule has 5 nitrogen and oxygen atoms in total. The third kappa shape index (κ3) is 3.53. The highest BCUT2D eigenvalue weighted by atomic mass is 16.5. The number of methoxy groups -OCH3 is 1. The number of nitrogens with zero attached hydrogens (tertiary/aromatic N) is 2. The summed E-state index contributed by atoms with van der Waals surface area (Å²) in [5.41, 5.74) is 1.76. The molecule has 1 aromatic rings. The van der Waals surface area contributed by atoms with E-state index in [1.54, 1.807) is 0 Å². The summed E-state index contributed by atoms with van der Waals surface area (Å²) >= 11 is 0. The number of allylic oxidation sites excluding steroid dienone is 1. The molecular formula is C14H19N3O2. The zero-order valence-electron chi connectivity index (χ0n) is 11.3. The van der Waals surface area contributed by atoms with Crippen LogP contribution in [-0.2, 0) is 0 Å². The van der Waals surface area contributed by atoms with Crippen LogP contribution in [0.1, 0.15) is 43.0 Å². The quantitative estimate of drug-likeness (QED) is 0.843. The van der Waals surface area contributed by atoms with Gasteiger partial charge in [0.15, 0.2) is 0 Å². The second kappa shape index (κ2) is 6.31. The normalized spacial score (nSPS) is 16.4. The predicted molar refractivity (Wildman–Crippen MR) is 72.1 cm³/mol. The van der Waals surface area contributed by atoms with Crippen LogP contribution in [-0.4, -0.2) is 29.0 Å². The molecular weight excluding hydrogens is 242 g/mol. The third-order valence-electron chi connectivity index (χ3n) is 3.30. The maximum Gasteiger partial charge on any atom is 0.316 e. The van der Waals surface area contributed by atoms with Gasteiger partial charge in [-0.1, -0.05) is 11.6 Å². The Morgan fingerprint density at radius 1 is 1.37 bits per heavy atom. The third-order valence-corrected chi connectivity index (χ3v) is 3.30. The first kappa shape index (κ1) is 13.5. The molecule has 0 fully saturated rings. The van der Waals surface area contributed by atoms with E-state index in [0.29, 0.717) is 5.56 Å². The van der Waals surface area contributed by atoms with Crippen LogP contribution in [0.15, 0.2) is 24.0 Å². The van der Waals surface area contributed by atoms with Gasteiger partial charge in [0, 0.05) is 18.4 Å². The van der Waals surface area contributed by atoms with Gasteiger partial charge < -0.3 is 10.1 Å². The summed E-state index contributed by atoms with van der Waals surface area (Å²) in [4.78, 5) is 19.9. The second-order valence-electron chi connectivity index (χ2n) is 4.68. The SMILES string of the molecule is COc1ncc(C(=O)N[C@H](C)C2=CCCCC2)cn1. The Hall–Kier alpha value is -1.91. The van der Waals surface area contributed by atoms with Gasteiger partial charge in [-0.05, 0) is 32.6 Å². The van der Waals surface area contributed by atoms with Gasteiger partial charge in [0.1, 0.15) is 0 Å². The highest BCUT2D eigenvalue weighted by Gasteiger charge is 2.15. The van der Waals surface area contributed by atoms with Crippen LogP contribution < -0.4 is 10.1 Å². The lowest BCUT2D eigenvalue weighted by Crippen LogP contribution is -2.34. The number of amides is 1. The van der Waals surface area contributed by atoms with Crippen molar-refractivity contribution in [1.29, 1.82) is 0 Å². The molecule has 1 heterocycles. The highest BCUT2D eigenvalue weighted by Crippen LogP contribution is 2.20. The Labute approximate surface area is 113 Å². The maximum atomic E-state index is 12.0. The van der Waals surface area contributed by atoms with Gasteiger partial charge >= 0.3 is 6.01 Å². The van der Waals surface area contributed by atoms with E-state index < -0.39 is 0 Å². The van der Waals surface area contributed by atoms with Gasteiger partial charge in [0.05, 0.1) is 12.7 Å². The first-order valence-electron chi connectivity index (χ1n) is 6.56. The zero-order valence-corrected chi connectivity index (χ0v) is 11.3. The van der Waals surface area contributed by atoms with Crippen molar-refractivity contribution in [2.45, 2.75) is 38.6 Å². The molecule has 0 bridgehead atoms. The summed E-state index contributed by atoms with van der Waals surface area (Å²) in [6.07, 6.45) is 9.82. The first-order valence-corrected chi connectivity index (χ1v) is 6.56. The Morgan fingerprint density at radius 3 is 2.68 bits per heavy atom. The lowest BCUT2D eigenvalue weighted by atomic mass is 9.94. The fourth-order valence-corrected chi connectivity index (χ4v) is 2.17. The highest BCUT2D eigenvalue weighted by molar-refractivity contribution is 5.93. The largest absolute Gasteiger partial charge is 0.467 e. The fraction of sp³-hybridized carbons (Fsp3) is 0.500. The fourth-order valence-electron chi connectivity index (χ4n) is 2.17. The molecule has 1 N–H and O–H groups in total. The summed E-state index contributed by atoms with van der Waals surface area (Å²) in [6.45, 7) is 2.01. The molecule has 2 rings (SSSR count). The monoisotopic (exact) mass is 261 g/mol. The van der Waals surface area contributed by atoms with Crippen LogP contribution >= 0.6 is 0 Å². The van der Waals surface area contributed by atoms with E-state index in [0.717, 1.165) is 12.8 Å². The molecule has 0 aromatic carbocycles. The number of hydrogen-bond acceptors (Lipinski definition) is 4. The van der Waals surface area contributed by atoms with Crippen molar-refractivity contribution in [3.63, 3.8) is 0 Å². The molecule has 1 aromatic heterocycles. The summed E-state index contributed by atoms with van der Waals surface area (Å²) < 4.78 is 4.86. The summed E-state index contributed by atoms with van der Waals surface area (Å²) in [7, 11) is 1.49. The van der Waals surface area contributed by atoms with E-state index in [1.807, 2.05) is 6.92 Å². The molecule has 1 atom stereocenters. The van der Waals surface area contributed by atoms with Crippen molar-refractivity contribution >= 4 is 5.91 Å². The number of aromatic nitrogens is 2. The molecule has 0 saturated heterocycles. The summed E-state index contributed by atoms with van der Waals surface area (Å²) in [6, 6.07) is 0.328. The van der Waals surface area contributed by atoms with Crippen molar-refractivity contribution < 1.29 is 9.53 Å². The number of ether oxygens (including phenoxy) is 1. The number of hydrogen-bond donors (Lipinski definition) is 1. The first-order chi connectivity index (χ1) is 9.20. The van der Waals surface area contributed by atoms with Crippen molar-refractivity contribution in [2.75, 3.05) is 7.11 Å². The lowest BCUT2D eigenvalue weighted by Gasteiger charge is -2.20. The zero-order chi connectivity index (χ0) is 13.7. The number of carbonyl (C=O) groups is 1. The van der Waals surface area contributed by atoms with Crippen LogP contribution in [0.2, 0.25) is 0 Å². The standard InChI is InChI=1S/C14H19N3O2/c1-10(11-6-4-3-5-7-11)17-13(18)12-8-15-14(19-2)16-9-12/h6,8-10H,3-5,7H2,1-2H3,(H,17,18)/t10-/m1/s1. The van der Waals surface area contributed by atoms with Crippen LogP contribution in [0, 0.1) is 0 Å². The van der Waals surface area contributed by atoms with Gasteiger partial charge in [0.2, 0.25) is 0 Å². The van der Waals surface area contributed by atoms with Crippen molar-refractivity contribution in [3.05, 3.63) is 29.6 Å². The van der Waals surface area contributed by atoms with E-state index >= 15 is 0 Å². The van der Waals surface area contributed by atoms with Gasteiger partial charge in [-0.25, -0.2) is 9.97 Å². The number of carbonyl (C=O) groups excluding carboxylic acids is 1. The van der Waals surface area contributed by atoms with Gasteiger partial charge in [-0.15, -0.1) is 0 Å². The molecule has 0 saturated carbocycles. The number of rotatable bonds is 4. The molecule has 1 amide bonds. The van der Waals surface area contributed by atoms with E-state index in [4.69, 9.17) is 4.74 Å². The second-order valence-corrected chi connectivity index (χ2v) is 4.68. The Kier molecular flexibility index (Phi) is 4.49. The molecule has 19 heavy (non-hydrogen) atoms. The average Bonchev–Trinajstić information content (AvgIpc) is 2.48. The minimum absolute atomic E-state index is 0.0647. The van der Waals surface area contributed by atoms with Crippen molar-refractivity contribution in [2.24, 2.45) is 0 Å². The molecule has 0 spiro atoms. The Bertz CT molecular complexity index is 468. The molecule has 1 aliphatic rings. The van der Waals surface area contributed by atoms with Gasteiger partial charge in [-0.3, -0.25) is 4.79 Å². The molecule has 102 valence electrons. The summed E-state index contributed by atoms with van der Waals surface area (Å²) in [5.74, 6) is -0.151. The van der Waals surface area contributed by atoms with Crippen LogP contribution in [0.3, 0.4) is 0 Å². The van der Waals surface area contributed by atoms with Crippen LogP contribution in [0.5, 0.6) is 6.01 Å². The maximum absolute atomic E-state index is 12.0. The Balaban J connectivity index is 1.97. The number of nitrogens with one attached hydrogen (secondary N) is 1. The van der Waals surface area contributed by atoms with Crippen molar-refractivity contribution in [1.82, 2.24) is 15.3 Å². The van der Waals surface area contributed by atoms with E-state index in [1.165, 1.54) is 37.9 Å². The van der Waals surface area contributed by atoms with E-state index in [2.05, 4.69) is 21.4 Å². The lowest BCUT2D eigenvalue weighted by molar-refractivity contribution is 0.0943. The average molecular weight is 261 g/mol. The molecule has 0 aliphatic heterocycles. The molecule has 1 aliphatic carbocycles. The van der Waals surface area contributed by atoms with E-state index in [-0.39, 0.29) is 18.0 Å². The van der Waals surface area contributed by atoms with Crippen LogP contribution in [0.4, 0.5) is 0 Å². The van der Waals surface area contributed by atoms with E-state index in [9.17, 15) is 4.79 Å². The van der Waals surface area contributed by atoms with Crippen LogP contribution in [0.25, 0.3) is 0 Å². The smallest absolute Gasteiger partial charge is 0.316 e. The van der Waals surface area contributed by atoms with Crippen molar-refractivity contribution in [3.8, 4) is 6.01 Å². The summed E-state index contributed by atoms with van der Waals surface area (Å²) in [5, 5.41) is 2.98.